The summed E-state index contributed by atoms with van der Waals surface area (Å²) in [5.74, 6) is 0.942. The van der Waals surface area contributed by atoms with E-state index in [4.69, 9.17) is 4.98 Å². The largest absolute Gasteiger partial charge is 0.358 e. The van der Waals surface area contributed by atoms with Crippen LogP contribution in [-0.4, -0.2) is 56.4 Å². The van der Waals surface area contributed by atoms with Gasteiger partial charge in [0.2, 0.25) is 5.91 Å². The van der Waals surface area contributed by atoms with Gasteiger partial charge in [-0.2, -0.15) is 0 Å². The number of piperazine rings is 1. The lowest BCUT2D eigenvalue weighted by Gasteiger charge is -2.40. The summed E-state index contributed by atoms with van der Waals surface area (Å²) >= 11 is 1.62. The van der Waals surface area contributed by atoms with Crippen LogP contribution < -0.4 is 4.90 Å². The second-order valence-electron chi connectivity index (χ2n) is 8.70. The van der Waals surface area contributed by atoms with Crippen LogP contribution in [0.5, 0.6) is 0 Å². The molecule has 2 aromatic carbocycles. The van der Waals surface area contributed by atoms with Crippen molar-refractivity contribution in [3.63, 3.8) is 0 Å². The smallest absolute Gasteiger partial charge is 0.227 e. The highest BCUT2D eigenvalue weighted by molar-refractivity contribution is 7.14. The number of fused-ring (bicyclic) bond motifs is 2. The average Bonchev–Trinajstić information content (AvgIpc) is 3.51. The number of hydrogen-bond acceptors (Lipinski definition) is 6. The number of imidazole rings is 1. The Kier molecular flexibility index (Phi) is 5.22. The number of carbonyl (C=O) groups excluding carboxylic acids is 1. The molecule has 7 nitrogen and oxygen atoms in total. The number of rotatable bonds is 4. The number of carbonyl (C=O) groups is 1. The molecule has 0 saturated carbocycles. The molecule has 1 fully saturated rings. The van der Waals surface area contributed by atoms with Crippen LogP contribution in [0, 0.1) is 0 Å². The molecule has 1 aliphatic heterocycles. The predicted molar refractivity (Wildman–Crippen MR) is 136 cm³/mol. The van der Waals surface area contributed by atoms with Crippen LogP contribution in [0.25, 0.3) is 33.5 Å². The van der Waals surface area contributed by atoms with Crippen LogP contribution in [-0.2, 0) is 11.2 Å². The number of benzene rings is 2. The Labute approximate surface area is 201 Å². The lowest BCUT2D eigenvalue weighted by atomic mass is 10.1. The molecule has 1 N–H and O–H groups in total. The number of nitrogens with zero attached hydrogens (tertiary/aromatic N) is 5. The van der Waals surface area contributed by atoms with Gasteiger partial charge in [-0.25, -0.2) is 9.97 Å². The Morgan fingerprint density at radius 1 is 1.09 bits per heavy atom. The van der Waals surface area contributed by atoms with Crippen LogP contribution in [0.15, 0.2) is 66.3 Å². The van der Waals surface area contributed by atoms with Gasteiger partial charge < -0.3 is 14.8 Å². The molecule has 0 spiro atoms. The molecule has 3 aromatic heterocycles. The van der Waals surface area contributed by atoms with Gasteiger partial charge >= 0.3 is 0 Å². The quantitative estimate of drug-likeness (QED) is 0.420. The van der Waals surface area contributed by atoms with Crippen LogP contribution in [0.1, 0.15) is 12.5 Å². The summed E-state index contributed by atoms with van der Waals surface area (Å²) in [6, 6.07) is 18.2. The van der Waals surface area contributed by atoms with Crippen molar-refractivity contribution in [3.8, 4) is 11.5 Å². The van der Waals surface area contributed by atoms with Crippen molar-refractivity contribution in [2.45, 2.75) is 19.4 Å². The van der Waals surface area contributed by atoms with Crippen molar-refractivity contribution in [1.82, 2.24) is 24.8 Å². The van der Waals surface area contributed by atoms with Crippen LogP contribution in [0.3, 0.4) is 0 Å². The van der Waals surface area contributed by atoms with Gasteiger partial charge in [0.05, 0.1) is 28.5 Å². The summed E-state index contributed by atoms with van der Waals surface area (Å²) in [4.78, 5) is 34.6. The van der Waals surface area contributed by atoms with Crippen molar-refractivity contribution in [3.05, 3.63) is 71.9 Å². The lowest BCUT2D eigenvalue weighted by Crippen LogP contribution is -2.54. The lowest BCUT2D eigenvalue weighted by molar-refractivity contribution is -0.132. The van der Waals surface area contributed by atoms with Crippen molar-refractivity contribution >= 4 is 44.2 Å². The molecular formula is C26H24N6OS. The van der Waals surface area contributed by atoms with Gasteiger partial charge in [0.1, 0.15) is 10.7 Å². The van der Waals surface area contributed by atoms with Crippen LogP contribution in [0.4, 0.5) is 5.00 Å². The van der Waals surface area contributed by atoms with Crippen molar-refractivity contribution in [2.75, 3.05) is 24.5 Å². The molecule has 1 aliphatic rings. The maximum Gasteiger partial charge on any atom is 0.227 e. The topological polar surface area (TPSA) is 78.0 Å². The van der Waals surface area contributed by atoms with E-state index in [-0.39, 0.29) is 11.9 Å². The standard InChI is InChI=1S/C26H24N6OS/c1-17-15-31(26-24(28-16-34-26)25-29-20-6-2-3-7-21(20)30-25)11-12-32(17)23(33)14-18-8-9-19-5-4-10-27-22(19)13-18/h2-10,13,16-17H,11-12,14-15H2,1H3,(H,29,30)/t17-/m1/s1. The van der Waals surface area contributed by atoms with E-state index in [1.54, 1.807) is 17.5 Å². The third kappa shape index (κ3) is 3.80. The highest BCUT2D eigenvalue weighted by Gasteiger charge is 2.30. The number of pyridine rings is 1. The van der Waals surface area contributed by atoms with E-state index in [9.17, 15) is 4.79 Å². The first kappa shape index (κ1) is 20.8. The summed E-state index contributed by atoms with van der Waals surface area (Å²) < 4.78 is 0. The minimum atomic E-state index is 0.102. The Bertz CT molecular complexity index is 1460. The Morgan fingerprint density at radius 3 is 2.88 bits per heavy atom. The molecular weight excluding hydrogens is 444 g/mol. The van der Waals surface area contributed by atoms with E-state index >= 15 is 0 Å². The number of H-pyrrole nitrogens is 1. The van der Waals surface area contributed by atoms with Gasteiger partial charge in [-0.15, -0.1) is 11.3 Å². The first-order valence-electron chi connectivity index (χ1n) is 11.4. The fourth-order valence-corrected chi connectivity index (χ4v) is 5.54. The molecule has 34 heavy (non-hydrogen) atoms. The van der Waals surface area contributed by atoms with E-state index < -0.39 is 0 Å². The highest BCUT2D eigenvalue weighted by atomic mass is 32.1. The molecule has 0 radical (unpaired) electrons. The fourth-order valence-electron chi connectivity index (χ4n) is 4.70. The Hall–Kier alpha value is -3.78. The second-order valence-corrected chi connectivity index (χ2v) is 9.53. The number of thiazole rings is 1. The molecule has 5 aromatic rings. The highest BCUT2D eigenvalue weighted by Crippen LogP contribution is 2.34. The van der Waals surface area contributed by atoms with Crippen molar-refractivity contribution in [2.24, 2.45) is 0 Å². The maximum absolute atomic E-state index is 13.2. The van der Waals surface area contributed by atoms with Gasteiger partial charge in [0.25, 0.3) is 0 Å². The molecule has 1 amide bonds. The third-order valence-electron chi connectivity index (χ3n) is 6.42. The average molecular weight is 469 g/mol. The minimum Gasteiger partial charge on any atom is -0.358 e. The molecule has 1 atom stereocenters. The second kappa shape index (κ2) is 8.53. The van der Waals surface area contributed by atoms with E-state index in [2.05, 4.69) is 26.8 Å². The molecule has 0 unspecified atom stereocenters. The summed E-state index contributed by atoms with van der Waals surface area (Å²) in [6.45, 7) is 4.34. The summed E-state index contributed by atoms with van der Waals surface area (Å²) in [6.07, 6.45) is 2.18. The summed E-state index contributed by atoms with van der Waals surface area (Å²) in [5, 5.41) is 2.18. The van der Waals surface area contributed by atoms with Gasteiger partial charge in [-0.1, -0.05) is 30.3 Å². The number of para-hydroxylation sites is 2. The van der Waals surface area contributed by atoms with Gasteiger partial charge in [0.15, 0.2) is 5.82 Å². The van der Waals surface area contributed by atoms with E-state index in [1.807, 2.05) is 65.0 Å². The molecule has 1 saturated heterocycles. The van der Waals surface area contributed by atoms with Gasteiger partial charge in [0, 0.05) is 37.3 Å². The molecule has 6 rings (SSSR count). The van der Waals surface area contributed by atoms with Crippen LogP contribution >= 0.6 is 11.3 Å². The number of aromatic amines is 1. The zero-order valence-corrected chi connectivity index (χ0v) is 19.6. The number of amides is 1. The predicted octanol–water partition coefficient (Wildman–Crippen LogP) is 4.51. The van der Waals surface area contributed by atoms with E-state index in [0.29, 0.717) is 13.0 Å². The number of hydrogen-bond donors (Lipinski definition) is 1. The normalized spacial score (nSPS) is 16.4. The number of aromatic nitrogens is 4. The third-order valence-corrected chi connectivity index (χ3v) is 7.31. The van der Waals surface area contributed by atoms with Crippen LogP contribution in [0.2, 0.25) is 0 Å². The Balaban J connectivity index is 1.17. The van der Waals surface area contributed by atoms with E-state index in [1.165, 1.54) is 0 Å². The van der Waals surface area contributed by atoms with E-state index in [0.717, 1.165) is 57.1 Å². The Morgan fingerprint density at radius 2 is 2.00 bits per heavy atom. The zero-order valence-electron chi connectivity index (χ0n) is 18.8. The molecule has 4 heterocycles. The van der Waals surface area contributed by atoms with Crippen molar-refractivity contribution in [1.29, 1.82) is 0 Å². The number of anilines is 1. The fraction of sp³-hybridized carbons (Fsp3) is 0.231. The molecule has 0 aliphatic carbocycles. The molecule has 170 valence electrons. The SMILES string of the molecule is C[C@@H]1CN(c2scnc2-c2nc3ccccc3[nH]2)CCN1C(=O)Cc1ccc2cccnc2c1. The zero-order chi connectivity index (χ0) is 23.1. The first-order chi connectivity index (χ1) is 16.7. The molecule has 0 bridgehead atoms. The first-order valence-corrected chi connectivity index (χ1v) is 12.3. The molecule has 8 heteroatoms. The summed E-state index contributed by atoms with van der Waals surface area (Å²) in [7, 11) is 0. The summed E-state index contributed by atoms with van der Waals surface area (Å²) in [5.41, 5.74) is 6.60. The van der Waals surface area contributed by atoms with Crippen molar-refractivity contribution < 1.29 is 4.79 Å². The maximum atomic E-state index is 13.2. The van der Waals surface area contributed by atoms with Gasteiger partial charge in [-0.3, -0.25) is 9.78 Å². The van der Waals surface area contributed by atoms with Gasteiger partial charge in [-0.05, 0) is 36.8 Å². The number of nitrogens with one attached hydrogen (secondary N) is 1. The monoisotopic (exact) mass is 468 g/mol. The minimum absolute atomic E-state index is 0.102.